The third-order valence-corrected chi connectivity index (χ3v) is 2.65. The number of aliphatic imine (C=N–C) groups is 1. The van der Waals surface area contributed by atoms with Crippen LogP contribution < -0.4 is 5.73 Å². The molecule has 0 aromatic heterocycles. The number of nitrogens with zero attached hydrogens (tertiary/aromatic N) is 3. The second-order valence-electron chi connectivity index (χ2n) is 3.81. The summed E-state index contributed by atoms with van der Waals surface area (Å²) in [7, 11) is 0. The highest BCUT2D eigenvalue weighted by molar-refractivity contribution is 6.14. The lowest BCUT2D eigenvalue weighted by Gasteiger charge is -2.17. The van der Waals surface area contributed by atoms with Crippen LogP contribution in [0.1, 0.15) is 5.56 Å². The lowest BCUT2D eigenvalue weighted by Crippen LogP contribution is -2.25. The second kappa shape index (κ2) is 4.59. The largest absolute Gasteiger partial charge is 0.399 e. The lowest BCUT2D eigenvalue weighted by molar-refractivity contribution is 0.490. The van der Waals surface area contributed by atoms with Crippen LogP contribution >= 0.6 is 12.4 Å². The van der Waals surface area contributed by atoms with Crippen molar-refractivity contribution in [1.29, 1.82) is 0 Å². The molecule has 0 amide bonds. The van der Waals surface area contributed by atoms with E-state index in [9.17, 15) is 0 Å². The highest BCUT2D eigenvalue weighted by atomic mass is 35.5. The molecule has 0 spiro atoms. The van der Waals surface area contributed by atoms with Gasteiger partial charge in [0.1, 0.15) is 5.84 Å². The molecule has 2 aliphatic rings. The first-order valence-electron chi connectivity index (χ1n) is 5.27. The molecular weight excluding hydrogens is 236 g/mol. The van der Waals surface area contributed by atoms with E-state index in [0.717, 1.165) is 35.9 Å². The molecule has 88 valence electrons. The van der Waals surface area contributed by atoms with Crippen molar-refractivity contribution in [3.63, 3.8) is 0 Å². The zero-order chi connectivity index (χ0) is 11.0. The Morgan fingerprint density at radius 1 is 1.24 bits per heavy atom. The zero-order valence-corrected chi connectivity index (χ0v) is 10.0. The fraction of sp³-hybridized carbons (Fsp3) is 0.167. The Balaban J connectivity index is 0.00000108. The molecule has 0 aliphatic carbocycles. The van der Waals surface area contributed by atoms with E-state index in [1.807, 2.05) is 41.4 Å². The van der Waals surface area contributed by atoms with Crippen molar-refractivity contribution in [1.82, 2.24) is 5.01 Å². The fourth-order valence-electron chi connectivity index (χ4n) is 1.86. The second-order valence-corrected chi connectivity index (χ2v) is 3.81. The van der Waals surface area contributed by atoms with Gasteiger partial charge < -0.3 is 5.73 Å². The summed E-state index contributed by atoms with van der Waals surface area (Å²) in [6.07, 6.45) is 3.98. The number of nitrogens with two attached hydrogens (primary N) is 1. The number of fused-ring (bicyclic) bond motifs is 1. The number of hydrogen-bond donors (Lipinski definition) is 1. The molecule has 2 heterocycles. The first-order chi connectivity index (χ1) is 7.83. The molecule has 17 heavy (non-hydrogen) atoms. The summed E-state index contributed by atoms with van der Waals surface area (Å²) < 4.78 is 0. The van der Waals surface area contributed by atoms with Crippen LogP contribution in [0.25, 0.3) is 0 Å². The fourth-order valence-corrected chi connectivity index (χ4v) is 1.86. The van der Waals surface area contributed by atoms with Gasteiger partial charge in [-0.15, -0.1) is 12.4 Å². The number of nitrogen functional groups attached to an aromatic ring is 1. The van der Waals surface area contributed by atoms with E-state index in [1.54, 1.807) is 0 Å². The van der Waals surface area contributed by atoms with Gasteiger partial charge in [-0.25, -0.2) is 5.01 Å². The Morgan fingerprint density at radius 3 is 2.94 bits per heavy atom. The molecular formula is C12H13ClN4. The molecule has 1 aromatic rings. The molecule has 5 heteroatoms. The Hall–Kier alpha value is -1.81. The zero-order valence-electron chi connectivity index (χ0n) is 9.21. The molecule has 0 radical (unpaired) electrons. The molecule has 1 aromatic carbocycles. The molecule has 0 atom stereocenters. The maximum atomic E-state index is 5.76. The Morgan fingerprint density at radius 2 is 2.12 bits per heavy atom. The quantitative estimate of drug-likeness (QED) is 0.769. The van der Waals surface area contributed by atoms with Gasteiger partial charge in [0.05, 0.1) is 18.8 Å². The normalized spacial score (nSPS) is 17.1. The van der Waals surface area contributed by atoms with Crippen LogP contribution in [0.5, 0.6) is 0 Å². The SMILES string of the molecule is Cl.Nc1cccc(C2=NN3CCN=C3C=C2)c1. The summed E-state index contributed by atoms with van der Waals surface area (Å²) in [4.78, 5) is 4.33. The minimum atomic E-state index is 0. The first-order valence-corrected chi connectivity index (χ1v) is 5.27. The molecule has 0 unspecified atom stereocenters. The summed E-state index contributed by atoms with van der Waals surface area (Å²) in [5.74, 6) is 0.952. The van der Waals surface area contributed by atoms with Crippen molar-refractivity contribution < 1.29 is 0 Å². The number of halogens is 1. The Bertz CT molecular complexity index is 519. The lowest BCUT2D eigenvalue weighted by atomic mass is 10.1. The molecule has 2 N–H and O–H groups in total. The van der Waals surface area contributed by atoms with Crippen molar-refractivity contribution in [3.8, 4) is 0 Å². The van der Waals surface area contributed by atoms with Crippen molar-refractivity contribution in [3.05, 3.63) is 42.0 Å². The number of benzene rings is 1. The minimum Gasteiger partial charge on any atom is -0.399 e. The average molecular weight is 249 g/mol. The van der Waals surface area contributed by atoms with Gasteiger partial charge in [0.15, 0.2) is 0 Å². The number of hydrazone groups is 1. The van der Waals surface area contributed by atoms with Crippen LogP contribution in [0, 0.1) is 0 Å². The number of allylic oxidation sites excluding steroid dienone is 1. The van der Waals surface area contributed by atoms with Gasteiger partial charge >= 0.3 is 0 Å². The molecule has 0 saturated carbocycles. The van der Waals surface area contributed by atoms with Crippen LogP contribution in [0.4, 0.5) is 5.69 Å². The topological polar surface area (TPSA) is 54.0 Å². The third-order valence-electron chi connectivity index (χ3n) is 2.65. The van der Waals surface area contributed by atoms with Crippen molar-refractivity contribution in [2.75, 3.05) is 18.8 Å². The summed E-state index contributed by atoms with van der Waals surface area (Å²) in [5, 5.41) is 6.46. The molecule has 0 fully saturated rings. The van der Waals surface area contributed by atoms with Gasteiger partial charge in [0, 0.05) is 11.3 Å². The minimum absolute atomic E-state index is 0. The summed E-state index contributed by atoms with van der Waals surface area (Å²) in [5.41, 5.74) is 8.50. The predicted octanol–water partition coefficient (Wildman–Crippen LogP) is 1.68. The highest BCUT2D eigenvalue weighted by Gasteiger charge is 2.18. The highest BCUT2D eigenvalue weighted by Crippen LogP contribution is 2.15. The predicted molar refractivity (Wildman–Crippen MR) is 72.8 cm³/mol. The number of anilines is 1. The van der Waals surface area contributed by atoms with Gasteiger partial charge in [-0.05, 0) is 24.3 Å². The summed E-state index contributed by atoms with van der Waals surface area (Å²) >= 11 is 0. The monoisotopic (exact) mass is 248 g/mol. The first kappa shape index (κ1) is 11.7. The smallest absolute Gasteiger partial charge is 0.144 e. The van der Waals surface area contributed by atoms with E-state index < -0.39 is 0 Å². The van der Waals surface area contributed by atoms with Crippen LogP contribution in [0.3, 0.4) is 0 Å². The summed E-state index contributed by atoms with van der Waals surface area (Å²) in [6.45, 7) is 1.69. The van der Waals surface area contributed by atoms with E-state index >= 15 is 0 Å². The van der Waals surface area contributed by atoms with Gasteiger partial charge in [-0.3, -0.25) is 4.99 Å². The number of hydrogen-bond acceptors (Lipinski definition) is 4. The van der Waals surface area contributed by atoms with Crippen LogP contribution in [0.15, 0.2) is 46.5 Å². The Labute approximate surface area is 106 Å². The van der Waals surface area contributed by atoms with Gasteiger partial charge in [-0.1, -0.05) is 12.1 Å². The van der Waals surface area contributed by atoms with E-state index in [2.05, 4.69) is 10.1 Å². The van der Waals surface area contributed by atoms with E-state index in [0.29, 0.717) is 0 Å². The van der Waals surface area contributed by atoms with E-state index in [1.165, 1.54) is 0 Å². The van der Waals surface area contributed by atoms with Gasteiger partial charge in [0.2, 0.25) is 0 Å². The number of rotatable bonds is 1. The molecule has 0 saturated heterocycles. The summed E-state index contributed by atoms with van der Waals surface area (Å²) in [6, 6.07) is 7.76. The van der Waals surface area contributed by atoms with Crippen molar-refractivity contribution >= 4 is 29.6 Å². The third kappa shape index (κ3) is 2.17. The maximum absolute atomic E-state index is 5.76. The van der Waals surface area contributed by atoms with Crippen LogP contribution in [-0.4, -0.2) is 29.6 Å². The molecule has 2 aliphatic heterocycles. The van der Waals surface area contributed by atoms with Crippen LogP contribution in [-0.2, 0) is 0 Å². The molecule has 3 rings (SSSR count). The van der Waals surface area contributed by atoms with E-state index in [-0.39, 0.29) is 12.4 Å². The average Bonchev–Trinajstić information content (AvgIpc) is 2.75. The van der Waals surface area contributed by atoms with Gasteiger partial charge in [0.25, 0.3) is 0 Å². The van der Waals surface area contributed by atoms with Crippen molar-refractivity contribution in [2.45, 2.75) is 0 Å². The molecule has 0 bridgehead atoms. The van der Waals surface area contributed by atoms with Gasteiger partial charge in [-0.2, -0.15) is 5.10 Å². The van der Waals surface area contributed by atoms with Crippen LogP contribution in [0.2, 0.25) is 0 Å². The molecule has 4 nitrogen and oxygen atoms in total. The van der Waals surface area contributed by atoms with E-state index in [4.69, 9.17) is 5.73 Å². The van der Waals surface area contributed by atoms with Crippen molar-refractivity contribution in [2.24, 2.45) is 10.1 Å². The number of amidine groups is 1. The Kier molecular flexibility index (Phi) is 3.15. The standard InChI is InChI=1S/C12H12N4.ClH/c13-10-3-1-2-9(8-10)11-4-5-12-14-6-7-16(12)15-11;/h1-5,8H,6-7,13H2;1H. The maximum Gasteiger partial charge on any atom is 0.144 e.